The highest BCUT2D eigenvalue weighted by Gasteiger charge is 2.26. The summed E-state index contributed by atoms with van der Waals surface area (Å²) in [5, 5.41) is -0.324. The van der Waals surface area contributed by atoms with Crippen LogP contribution in [0.15, 0.2) is 17.2 Å². The molecule has 1 heterocycles. The third-order valence-corrected chi connectivity index (χ3v) is 1.77. The van der Waals surface area contributed by atoms with Crippen LogP contribution in [0, 0.1) is 0 Å². The molecular formula is C7H6ClF3N2O. The highest BCUT2D eigenvalue weighted by Crippen LogP contribution is 2.19. The largest absolute Gasteiger partial charge is 0.390 e. The average molecular weight is 227 g/mol. The van der Waals surface area contributed by atoms with Gasteiger partial charge in [-0.2, -0.15) is 13.2 Å². The lowest BCUT2D eigenvalue weighted by molar-refractivity contribution is -0.136. The summed E-state index contributed by atoms with van der Waals surface area (Å²) in [5.41, 5.74) is -0.710. The Kier molecular flexibility index (Phi) is 3.15. The van der Waals surface area contributed by atoms with Crippen LogP contribution in [-0.4, -0.2) is 15.7 Å². The smallest absolute Gasteiger partial charge is 0.311 e. The fourth-order valence-electron chi connectivity index (χ4n) is 0.844. The van der Waals surface area contributed by atoms with Gasteiger partial charge in [-0.3, -0.25) is 4.79 Å². The molecule has 0 amide bonds. The first-order valence-electron chi connectivity index (χ1n) is 3.68. The van der Waals surface area contributed by atoms with Gasteiger partial charge in [-0.05, 0) is 0 Å². The van der Waals surface area contributed by atoms with Gasteiger partial charge in [0.05, 0.1) is 6.42 Å². The fourth-order valence-corrected chi connectivity index (χ4v) is 1.01. The van der Waals surface area contributed by atoms with Gasteiger partial charge in [-0.25, -0.2) is 4.98 Å². The molecule has 0 fully saturated rings. The Morgan fingerprint density at radius 1 is 1.50 bits per heavy atom. The van der Waals surface area contributed by atoms with Gasteiger partial charge in [0, 0.05) is 18.9 Å². The lowest BCUT2D eigenvalue weighted by Crippen LogP contribution is -2.23. The first kappa shape index (κ1) is 11.0. The zero-order chi connectivity index (χ0) is 10.8. The van der Waals surface area contributed by atoms with E-state index in [-0.39, 0.29) is 5.15 Å². The monoisotopic (exact) mass is 226 g/mol. The summed E-state index contributed by atoms with van der Waals surface area (Å²) in [4.78, 5) is 14.5. The van der Waals surface area contributed by atoms with E-state index in [0.29, 0.717) is 0 Å². The van der Waals surface area contributed by atoms with Crippen molar-refractivity contribution in [2.24, 2.45) is 0 Å². The Balaban J connectivity index is 2.78. The number of hydrogen-bond donors (Lipinski definition) is 0. The number of rotatable bonds is 2. The molecule has 1 rings (SSSR count). The molecule has 0 atom stereocenters. The summed E-state index contributed by atoms with van der Waals surface area (Å²) in [6.07, 6.45) is -3.00. The molecule has 0 aromatic carbocycles. The maximum atomic E-state index is 11.8. The van der Waals surface area contributed by atoms with E-state index in [0.717, 1.165) is 4.57 Å². The molecule has 0 aliphatic carbocycles. The zero-order valence-electron chi connectivity index (χ0n) is 6.88. The predicted octanol–water partition coefficient (Wildman–Crippen LogP) is 1.85. The standard InChI is InChI=1S/C7H6ClF3N2O/c8-5-6(14)13(4-2-12-5)3-1-7(9,10)11/h2,4H,1,3H2. The second kappa shape index (κ2) is 4.00. The Morgan fingerprint density at radius 3 is 2.71 bits per heavy atom. The number of halogens is 4. The van der Waals surface area contributed by atoms with E-state index in [9.17, 15) is 18.0 Å². The Bertz CT molecular complexity index is 374. The van der Waals surface area contributed by atoms with Crippen LogP contribution in [0.3, 0.4) is 0 Å². The number of aryl methyl sites for hydroxylation is 1. The van der Waals surface area contributed by atoms with E-state index >= 15 is 0 Å². The molecule has 0 saturated heterocycles. The van der Waals surface area contributed by atoms with Gasteiger partial charge in [-0.15, -0.1) is 0 Å². The third-order valence-electron chi connectivity index (χ3n) is 1.51. The molecule has 0 radical (unpaired) electrons. The van der Waals surface area contributed by atoms with Crippen LogP contribution < -0.4 is 5.56 Å². The van der Waals surface area contributed by atoms with Crippen molar-refractivity contribution in [2.75, 3.05) is 0 Å². The van der Waals surface area contributed by atoms with Gasteiger partial charge in [0.15, 0.2) is 5.15 Å². The van der Waals surface area contributed by atoms with E-state index in [2.05, 4.69) is 4.98 Å². The Hall–Kier alpha value is -1.04. The van der Waals surface area contributed by atoms with Crippen molar-refractivity contribution in [1.29, 1.82) is 0 Å². The Labute approximate surface area is 82.1 Å². The average Bonchev–Trinajstić information content (AvgIpc) is 2.06. The van der Waals surface area contributed by atoms with Crippen LogP contribution >= 0.6 is 11.6 Å². The Morgan fingerprint density at radius 2 is 2.14 bits per heavy atom. The molecule has 0 aliphatic rings. The SMILES string of the molecule is O=c1c(Cl)nccn1CCC(F)(F)F. The van der Waals surface area contributed by atoms with Crippen LogP contribution in [0.2, 0.25) is 5.15 Å². The molecule has 0 bridgehead atoms. The molecule has 78 valence electrons. The molecule has 0 unspecified atom stereocenters. The molecule has 0 spiro atoms. The van der Waals surface area contributed by atoms with Gasteiger partial charge < -0.3 is 4.57 Å². The maximum Gasteiger partial charge on any atom is 0.390 e. The molecule has 0 N–H and O–H groups in total. The molecule has 14 heavy (non-hydrogen) atoms. The number of hydrogen-bond acceptors (Lipinski definition) is 2. The van der Waals surface area contributed by atoms with Crippen LogP contribution in [0.5, 0.6) is 0 Å². The van der Waals surface area contributed by atoms with Gasteiger partial charge in [-0.1, -0.05) is 11.6 Å². The maximum absolute atomic E-state index is 11.8. The van der Waals surface area contributed by atoms with Crippen LogP contribution in [0.1, 0.15) is 6.42 Å². The normalized spacial score (nSPS) is 11.7. The second-order valence-electron chi connectivity index (χ2n) is 2.58. The van der Waals surface area contributed by atoms with Crippen molar-refractivity contribution in [1.82, 2.24) is 9.55 Å². The summed E-state index contributed by atoms with van der Waals surface area (Å²) in [7, 11) is 0. The molecule has 0 aliphatic heterocycles. The van der Waals surface area contributed by atoms with Crippen LogP contribution in [-0.2, 0) is 6.54 Å². The summed E-state index contributed by atoms with van der Waals surface area (Å²) < 4.78 is 36.3. The topological polar surface area (TPSA) is 34.9 Å². The summed E-state index contributed by atoms with van der Waals surface area (Å²) >= 11 is 5.34. The second-order valence-corrected chi connectivity index (χ2v) is 2.94. The van der Waals surface area contributed by atoms with Crippen molar-refractivity contribution in [3.63, 3.8) is 0 Å². The van der Waals surface area contributed by atoms with Crippen molar-refractivity contribution < 1.29 is 13.2 Å². The molecule has 1 aromatic rings. The van der Waals surface area contributed by atoms with E-state index in [1.165, 1.54) is 12.4 Å². The molecule has 0 saturated carbocycles. The first-order chi connectivity index (χ1) is 6.40. The fraction of sp³-hybridized carbons (Fsp3) is 0.429. The summed E-state index contributed by atoms with van der Waals surface area (Å²) in [5.74, 6) is 0. The van der Waals surface area contributed by atoms with E-state index in [1.54, 1.807) is 0 Å². The zero-order valence-corrected chi connectivity index (χ0v) is 7.64. The minimum Gasteiger partial charge on any atom is -0.311 e. The number of nitrogens with zero attached hydrogens (tertiary/aromatic N) is 2. The van der Waals surface area contributed by atoms with Gasteiger partial charge in [0.1, 0.15) is 0 Å². The van der Waals surface area contributed by atoms with Crippen molar-refractivity contribution in [3.8, 4) is 0 Å². The molecule has 1 aromatic heterocycles. The van der Waals surface area contributed by atoms with Gasteiger partial charge >= 0.3 is 6.18 Å². The predicted molar refractivity (Wildman–Crippen MR) is 44.2 cm³/mol. The quantitative estimate of drug-likeness (QED) is 0.771. The van der Waals surface area contributed by atoms with E-state index in [1.807, 2.05) is 0 Å². The van der Waals surface area contributed by atoms with Crippen LogP contribution in [0.25, 0.3) is 0 Å². The number of aromatic nitrogens is 2. The minimum absolute atomic E-state index is 0.324. The van der Waals surface area contributed by atoms with Gasteiger partial charge in [0.2, 0.25) is 0 Å². The van der Waals surface area contributed by atoms with Gasteiger partial charge in [0.25, 0.3) is 5.56 Å². The van der Waals surface area contributed by atoms with Crippen LogP contribution in [0.4, 0.5) is 13.2 Å². The third kappa shape index (κ3) is 3.02. The van der Waals surface area contributed by atoms with Crippen molar-refractivity contribution in [3.05, 3.63) is 27.9 Å². The summed E-state index contributed by atoms with van der Waals surface area (Å²) in [6, 6.07) is 0. The summed E-state index contributed by atoms with van der Waals surface area (Å²) in [6.45, 7) is -0.440. The first-order valence-corrected chi connectivity index (χ1v) is 4.05. The molecule has 3 nitrogen and oxygen atoms in total. The van der Waals surface area contributed by atoms with E-state index in [4.69, 9.17) is 11.6 Å². The molecular weight excluding hydrogens is 221 g/mol. The van der Waals surface area contributed by atoms with E-state index < -0.39 is 24.7 Å². The lowest BCUT2D eigenvalue weighted by Gasteiger charge is -2.07. The van der Waals surface area contributed by atoms with Crippen molar-refractivity contribution in [2.45, 2.75) is 19.1 Å². The lowest BCUT2D eigenvalue weighted by atomic mass is 10.4. The highest BCUT2D eigenvalue weighted by atomic mass is 35.5. The highest BCUT2D eigenvalue weighted by molar-refractivity contribution is 6.29. The molecule has 7 heteroatoms. The minimum atomic E-state index is -4.28. The van der Waals surface area contributed by atoms with Crippen molar-refractivity contribution >= 4 is 11.6 Å². The number of alkyl halides is 3.